The van der Waals surface area contributed by atoms with Gasteiger partial charge in [-0.05, 0) is 62.2 Å². The van der Waals surface area contributed by atoms with Crippen LogP contribution in [0.4, 0.5) is 0 Å². The first-order valence-corrected chi connectivity index (χ1v) is 11.1. The zero-order valence-electron chi connectivity index (χ0n) is 17.1. The molecule has 0 aliphatic rings. The Balaban J connectivity index is 1.94. The summed E-state index contributed by atoms with van der Waals surface area (Å²) in [5, 5.41) is 0. The molecule has 0 fully saturated rings. The zero-order chi connectivity index (χ0) is 21.1. The number of ether oxygens (including phenoxy) is 4. The number of hydrogen-bond acceptors (Lipinski definition) is 6. The van der Waals surface area contributed by atoms with Crippen molar-refractivity contribution in [1.29, 1.82) is 0 Å². The SMILES string of the molecule is CCOc1ccc(CCNS(=O)(=O)c2ccc(OCCOC)cc2)cc1OCC. The van der Waals surface area contributed by atoms with Gasteiger partial charge in [-0.2, -0.15) is 0 Å². The van der Waals surface area contributed by atoms with Crippen LogP contribution in [-0.4, -0.2) is 48.5 Å². The van der Waals surface area contributed by atoms with Gasteiger partial charge in [0.2, 0.25) is 10.0 Å². The van der Waals surface area contributed by atoms with Gasteiger partial charge in [0, 0.05) is 13.7 Å². The molecule has 2 aromatic rings. The minimum Gasteiger partial charge on any atom is -0.491 e. The second kappa shape index (κ2) is 11.6. The predicted molar refractivity (Wildman–Crippen MR) is 111 cm³/mol. The van der Waals surface area contributed by atoms with Gasteiger partial charge in [0.1, 0.15) is 12.4 Å². The normalized spacial score (nSPS) is 11.3. The number of methoxy groups -OCH3 is 1. The molecule has 0 aliphatic heterocycles. The van der Waals surface area contributed by atoms with E-state index >= 15 is 0 Å². The van der Waals surface area contributed by atoms with Gasteiger partial charge in [0.05, 0.1) is 24.7 Å². The van der Waals surface area contributed by atoms with Gasteiger partial charge in [-0.3, -0.25) is 0 Å². The van der Waals surface area contributed by atoms with Crippen molar-refractivity contribution in [2.75, 3.05) is 40.1 Å². The summed E-state index contributed by atoms with van der Waals surface area (Å²) < 4.78 is 49.1. The summed E-state index contributed by atoms with van der Waals surface area (Å²) >= 11 is 0. The van der Waals surface area contributed by atoms with Gasteiger partial charge in [-0.25, -0.2) is 13.1 Å². The van der Waals surface area contributed by atoms with Crippen molar-refractivity contribution in [3.05, 3.63) is 48.0 Å². The molecule has 0 unspecified atom stereocenters. The quantitative estimate of drug-likeness (QED) is 0.499. The van der Waals surface area contributed by atoms with E-state index in [-0.39, 0.29) is 11.4 Å². The third-order valence-electron chi connectivity index (χ3n) is 4.00. The van der Waals surface area contributed by atoms with Gasteiger partial charge >= 0.3 is 0 Å². The first kappa shape index (κ1) is 23.0. The van der Waals surface area contributed by atoms with Crippen LogP contribution in [0, 0.1) is 0 Å². The molecule has 7 nitrogen and oxygen atoms in total. The second-order valence-corrected chi connectivity index (χ2v) is 7.87. The second-order valence-electron chi connectivity index (χ2n) is 6.11. The summed E-state index contributed by atoms with van der Waals surface area (Å²) in [7, 11) is -2.00. The molecule has 2 aromatic carbocycles. The third-order valence-corrected chi connectivity index (χ3v) is 5.48. The number of benzene rings is 2. The van der Waals surface area contributed by atoms with Crippen LogP contribution in [0.5, 0.6) is 17.2 Å². The lowest BCUT2D eigenvalue weighted by molar-refractivity contribution is 0.146. The van der Waals surface area contributed by atoms with E-state index in [1.54, 1.807) is 19.2 Å². The molecule has 0 aliphatic carbocycles. The Morgan fingerprint density at radius 2 is 1.55 bits per heavy atom. The van der Waals surface area contributed by atoms with Crippen molar-refractivity contribution in [3.63, 3.8) is 0 Å². The lowest BCUT2D eigenvalue weighted by Crippen LogP contribution is -2.26. The molecule has 0 atom stereocenters. The number of hydrogen-bond donors (Lipinski definition) is 1. The first-order valence-electron chi connectivity index (χ1n) is 9.60. The maximum Gasteiger partial charge on any atom is 0.240 e. The summed E-state index contributed by atoms with van der Waals surface area (Å²) in [6, 6.07) is 11.9. The Kier molecular flexibility index (Phi) is 9.24. The molecule has 0 spiro atoms. The summed E-state index contributed by atoms with van der Waals surface area (Å²) in [6.45, 7) is 6.05. The molecule has 0 amide bonds. The van der Waals surface area contributed by atoms with Gasteiger partial charge in [0.15, 0.2) is 11.5 Å². The fraction of sp³-hybridized carbons (Fsp3) is 0.429. The maximum atomic E-state index is 12.5. The van der Waals surface area contributed by atoms with Gasteiger partial charge in [-0.15, -0.1) is 0 Å². The highest BCUT2D eigenvalue weighted by atomic mass is 32.2. The minimum atomic E-state index is -3.60. The van der Waals surface area contributed by atoms with E-state index in [2.05, 4.69) is 4.72 Å². The molecule has 0 bridgehead atoms. The van der Waals surface area contributed by atoms with Gasteiger partial charge in [0.25, 0.3) is 0 Å². The van der Waals surface area contributed by atoms with E-state index in [0.717, 1.165) is 5.56 Å². The van der Waals surface area contributed by atoms with Crippen LogP contribution in [0.25, 0.3) is 0 Å². The van der Waals surface area contributed by atoms with E-state index in [9.17, 15) is 8.42 Å². The molecular weight excluding hydrogens is 394 g/mol. The molecule has 0 radical (unpaired) electrons. The largest absolute Gasteiger partial charge is 0.491 e. The van der Waals surface area contributed by atoms with Crippen molar-refractivity contribution < 1.29 is 27.4 Å². The summed E-state index contributed by atoms with van der Waals surface area (Å²) in [5.74, 6) is 1.95. The van der Waals surface area contributed by atoms with Crippen LogP contribution in [0.1, 0.15) is 19.4 Å². The average molecular weight is 424 g/mol. The first-order chi connectivity index (χ1) is 14.0. The Morgan fingerprint density at radius 1 is 0.862 bits per heavy atom. The summed E-state index contributed by atoms with van der Waals surface area (Å²) in [6.07, 6.45) is 0.532. The molecule has 29 heavy (non-hydrogen) atoms. The fourth-order valence-electron chi connectivity index (χ4n) is 2.62. The highest BCUT2D eigenvalue weighted by Crippen LogP contribution is 2.28. The lowest BCUT2D eigenvalue weighted by atomic mass is 10.1. The average Bonchev–Trinajstić information content (AvgIpc) is 2.71. The number of rotatable bonds is 13. The third kappa shape index (κ3) is 7.23. The van der Waals surface area contributed by atoms with Gasteiger partial charge < -0.3 is 18.9 Å². The Bertz CT molecular complexity index is 852. The molecule has 2 rings (SSSR count). The van der Waals surface area contributed by atoms with Crippen LogP contribution in [0.15, 0.2) is 47.4 Å². The highest BCUT2D eigenvalue weighted by molar-refractivity contribution is 7.89. The highest BCUT2D eigenvalue weighted by Gasteiger charge is 2.14. The maximum absolute atomic E-state index is 12.5. The van der Waals surface area contributed by atoms with E-state index < -0.39 is 10.0 Å². The van der Waals surface area contributed by atoms with Crippen molar-refractivity contribution in [1.82, 2.24) is 4.72 Å². The Hall–Kier alpha value is -2.29. The predicted octanol–water partition coefficient (Wildman–Crippen LogP) is 3.03. The lowest BCUT2D eigenvalue weighted by Gasteiger charge is -2.13. The smallest absolute Gasteiger partial charge is 0.240 e. The van der Waals surface area contributed by atoms with E-state index in [1.165, 1.54) is 12.1 Å². The monoisotopic (exact) mass is 423 g/mol. The van der Waals surface area contributed by atoms with Crippen LogP contribution in [-0.2, 0) is 21.2 Å². The Labute approximate surface area is 173 Å². The van der Waals surface area contributed by atoms with Crippen molar-refractivity contribution in [3.8, 4) is 17.2 Å². The minimum absolute atomic E-state index is 0.193. The van der Waals surface area contributed by atoms with Crippen LogP contribution in [0.3, 0.4) is 0 Å². The molecular formula is C21H29NO6S. The van der Waals surface area contributed by atoms with Crippen molar-refractivity contribution in [2.45, 2.75) is 25.2 Å². The van der Waals surface area contributed by atoms with Crippen molar-refractivity contribution in [2.24, 2.45) is 0 Å². The molecule has 8 heteroatoms. The van der Waals surface area contributed by atoms with Crippen LogP contribution < -0.4 is 18.9 Å². The van der Waals surface area contributed by atoms with E-state index in [1.807, 2.05) is 32.0 Å². The molecule has 0 saturated heterocycles. The molecule has 0 aromatic heterocycles. The molecule has 160 valence electrons. The number of sulfonamides is 1. The Morgan fingerprint density at radius 3 is 2.21 bits per heavy atom. The molecule has 0 heterocycles. The van der Waals surface area contributed by atoms with Crippen LogP contribution in [0.2, 0.25) is 0 Å². The summed E-state index contributed by atoms with van der Waals surface area (Å²) in [4.78, 5) is 0.193. The van der Waals surface area contributed by atoms with Gasteiger partial charge in [-0.1, -0.05) is 6.07 Å². The van der Waals surface area contributed by atoms with E-state index in [0.29, 0.717) is 50.1 Å². The standard InChI is InChI=1S/C21H29NO6S/c1-4-26-20-11-6-17(16-21(20)27-5-2)12-13-22-29(23,24)19-9-7-18(8-10-19)28-15-14-25-3/h6-11,16,22H,4-5,12-15H2,1-3H3. The molecule has 1 N–H and O–H groups in total. The molecule has 0 saturated carbocycles. The van der Waals surface area contributed by atoms with Crippen molar-refractivity contribution >= 4 is 10.0 Å². The topological polar surface area (TPSA) is 83.1 Å². The fourth-order valence-corrected chi connectivity index (χ4v) is 3.65. The van der Waals surface area contributed by atoms with Crippen LogP contribution >= 0.6 is 0 Å². The van der Waals surface area contributed by atoms with E-state index in [4.69, 9.17) is 18.9 Å². The zero-order valence-corrected chi connectivity index (χ0v) is 18.0. The summed E-state index contributed by atoms with van der Waals surface area (Å²) in [5.41, 5.74) is 0.960. The number of nitrogens with one attached hydrogen (secondary N) is 1.